The molecule has 0 saturated carbocycles. The van der Waals surface area contributed by atoms with Crippen molar-refractivity contribution in [2.45, 2.75) is 6.10 Å². The molecule has 0 aliphatic rings. The number of ether oxygens (including phenoxy) is 1. The second-order valence-corrected chi connectivity index (χ2v) is 4.25. The largest absolute Gasteiger partial charge is 0.487 e. The van der Waals surface area contributed by atoms with E-state index in [1.54, 1.807) is 36.4 Å². The minimum atomic E-state index is -0.818. The molecule has 0 amide bonds. The number of hydrogen-bond donors (Lipinski definition) is 1. The average molecular weight is 267 g/mol. The van der Waals surface area contributed by atoms with Gasteiger partial charge in [0.1, 0.15) is 12.7 Å². The highest BCUT2D eigenvalue weighted by molar-refractivity contribution is 6.30. The summed E-state index contributed by atoms with van der Waals surface area (Å²) in [6.07, 6.45) is -0.818. The maximum absolute atomic E-state index is 13.3. The molecule has 2 nitrogen and oxygen atoms in total. The maximum Gasteiger partial charge on any atom is 0.165 e. The van der Waals surface area contributed by atoms with E-state index in [9.17, 15) is 9.50 Å². The van der Waals surface area contributed by atoms with Crippen LogP contribution < -0.4 is 4.74 Å². The highest BCUT2D eigenvalue weighted by Crippen LogP contribution is 2.20. The summed E-state index contributed by atoms with van der Waals surface area (Å²) < 4.78 is 18.5. The molecule has 1 unspecified atom stereocenters. The Morgan fingerprint density at radius 3 is 2.44 bits per heavy atom. The van der Waals surface area contributed by atoms with Gasteiger partial charge < -0.3 is 9.84 Å². The first-order valence-electron chi connectivity index (χ1n) is 5.47. The first-order chi connectivity index (χ1) is 8.66. The zero-order valence-corrected chi connectivity index (χ0v) is 10.3. The van der Waals surface area contributed by atoms with Crippen molar-refractivity contribution in [3.05, 3.63) is 64.9 Å². The van der Waals surface area contributed by atoms with Gasteiger partial charge in [-0.25, -0.2) is 4.39 Å². The Bertz CT molecular complexity index is 513. The van der Waals surface area contributed by atoms with Crippen molar-refractivity contribution >= 4 is 11.6 Å². The summed E-state index contributed by atoms with van der Waals surface area (Å²) >= 11 is 5.75. The molecule has 0 aliphatic carbocycles. The van der Waals surface area contributed by atoms with Gasteiger partial charge in [0.05, 0.1) is 0 Å². The van der Waals surface area contributed by atoms with E-state index in [2.05, 4.69) is 0 Å². The van der Waals surface area contributed by atoms with Gasteiger partial charge in [0, 0.05) is 5.02 Å². The minimum absolute atomic E-state index is 0.0113. The Labute approximate surface area is 110 Å². The van der Waals surface area contributed by atoms with E-state index in [0.717, 1.165) is 0 Å². The molecule has 0 bridgehead atoms. The van der Waals surface area contributed by atoms with Gasteiger partial charge in [-0.05, 0) is 29.8 Å². The fourth-order valence-electron chi connectivity index (χ4n) is 1.51. The van der Waals surface area contributed by atoms with Crippen molar-refractivity contribution in [2.75, 3.05) is 6.61 Å². The first-order valence-corrected chi connectivity index (χ1v) is 5.85. The highest BCUT2D eigenvalue weighted by Gasteiger charge is 2.09. The van der Waals surface area contributed by atoms with Crippen LogP contribution in [-0.2, 0) is 0 Å². The van der Waals surface area contributed by atoms with Crippen molar-refractivity contribution < 1.29 is 14.2 Å². The van der Waals surface area contributed by atoms with Crippen molar-refractivity contribution in [3.8, 4) is 5.75 Å². The zero-order valence-electron chi connectivity index (χ0n) is 9.51. The summed E-state index contributed by atoms with van der Waals surface area (Å²) in [5.41, 5.74) is 0.677. The van der Waals surface area contributed by atoms with Gasteiger partial charge in [0.15, 0.2) is 11.6 Å². The lowest BCUT2D eigenvalue weighted by Crippen LogP contribution is -2.10. The molecule has 2 aromatic carbocycles. The molecule has 0 saturated heterocycles. The number of benzene rings is 2. The molecule has 2 rings (SSSR count). The molecule has 0 radical (unpaired) electrons. The summed E-state index contributed by atoms with van der Waals surface area (Å²) in [4.78, 5) is 0. The van der Waals surface area contributed by atoms with Crippen molar-refractivity contribution in [1.29, 1.82) is 0 Å². The predicted molar refractivity (Wildman–Crippen MR) is 68.3 cm³/mol. The van der Waals surface area contributed by atoms with Crippen LogP contribution in [0, 0.1) is 5.82 Å². The van der Waals surface area contributed by atoms with E-state index in [1.165, 1.54) is 12.1 Å². The second kappa shape index (κ2) is 5.85. The van der Waals surface area contributed by atoms with Crippen LogP contribution in [0.2, 0.25) is 5.02 Å². The fourth-order valence-corrected chi connectivity index (χ4v) is 1.64. The number of aliphatic hydroxyl groups is 1. The van der Waals surface area contributed by atoms with Crippen LogP contribution in [-0.4, -0.2) is 11.7 Å². The van der Waals surface area contributed by atoms with Crippen molar-refractivity contribution in [2.24, 2.45) is 0 Å². The van der Waals surface area contributed by atoms with E-state index >= 15 is 0 Å². The molecule has 1 atom stereocenters. The summed E-state index contributed by atoms with van der Waals surface area (Å²) in [6, 6.07) is 12.9. The van der Waals surface area contributed by atoms with Gasteiger partial charge >= 0.3 is 0 Å². The lowest BCUT2D eigenvalue weighted by molar-refractivity contribution is 0.106. The third kappa shape index (κ3) is 3.22. The van der Waals surface area contributed by atoms with E-state index in [1.807, 2.05) is 0 Å². The number of rotatable bonds is 4. The molecule has 18 heavy (non-hydrogen) atoms. The number of aliphatic hydroxyl groups excluding tert-OH is 1. The monoisotopic (exact) mass is 266 g/mol. The van der Waals surface area contributed by atoms with Crippen molar-refractivity contribution in [1.82, 2.24) is 0 Å². The van der Waals surface area contributed by atoms with Gasteiger partial charge in [-0.1, -0.05) is 35.9 Å². The standard InChI is InChI=1S/C14H12ClFO2/c15-11-7-5-10(6-8-11)13(17)9-18-14-4-2-1-3-12(14)16/h1-8,13,17H,9H2. The van der Waals surface area contributed by atoms with E-state index in [-0.39, 0.29) is 12.4 Å². The lowest BCUT2D eigenvalue weighted by atomic mass is 10.1. The molecule has 0 aliphatic heterocycles. The van der Waals surface area contributed by atoms with Crippen LogP contribution in [0.25, 0.3) is 0 Å². The topological polar surface area (TPSA) is 29.5 Å². The Morgan fingerprint density at radius 2 is 1.78 bits per heavy atom. The zero-order chi connectivity index (χ0) is 13.0. The molecule has 0 fully saturated rings. The van der Waals surface area contributed by atoms with E-state index < -0.39 is 11.9 Å². The first kappa shape index (κ1) is 12.9. The Kier molecular flexibility index (Phi) is 4.18. The van der Waals surface area contributed by atoms with Crippen LogP contribution in [0.15, 0.2) is 48.5 Å². The molecular formula is C14H12ClFO2. The fraction of sp³-hybridized carbons (Fsp3) is 0.143. The Morgan fingerprint density at radius 1 is 1.11 bits per heavy atom. The Balaban J connectivity index is 1.98. The van der Waals surface area contributed by atoms with Crippen molar-refractivity contribution in [3.63, 3.8) is 0 Å². The highest BCUT2D eigenvalue weighted by atomic mass is 35.5. The van der Waals surface area contributed by atoms with Gasteiger partial charge in [-0.15, -0.1) is 0 Å². The Hall–Kier alpha value is -1.58. The molecule has 2 aromatic rings. The summed E-state index contributed by atoms with van der Waals surface area (Å²) in [6.45, 7) is -0.0113. The van der Waals surface area contributed by atoms with Gasteiger partial charge in [0.2, 0.25) is 0 Å². The van der Waals surface area contributed by atoms with Gasteiger partial charge in [0.25, 0.3) is 0 Å². The molecule has 0 aromatic heterocycles. The lowest BCUT2D eigenvalue weighted by Gasteiger charge is -2.13. The molecular weight excluding hydrogens is 255 g/mol. The van der Waals surface area contributed by atoms with E-state index in [0.29, 0.717) is 10.6 Å². The number of halogens is 2. The average Bonchev–Trinajstić information content (AvgIpc) is 2.38. The van der Waals surface area contributed by atoms with Crippen LogP contribution in [0.3, 0.4) is 0 Å². The summed E-state index contributed by atoms with van der Waals surface area (Å²) in [7, 11) is 0. The van der Waals surface area contributed by atoms with Crippen LogP contribution in [0.5, 0.6) is 5.75 Å². The molecule has 94 valence electrons. The molecule has 0 heterocycles. The maximum atomic E-state index is 13.3. The van der Waals surface area contributed by atoms with Gasteiger partial charge in [-0.3, -0.25) is 0 Å². The minimum Gasteiger partial charge on any atom is -0.487 e. The van der Waals surface area contributed by atoms with Gasteiger partial charge in [-0.2, -0.15) is 0 Å². The van der Waals surface area contributed by atoms with Crippen LogP contribution in [0.4, 0.5) is 4.39 Å². The normalized spacial score (nSPS) is 12.2. The molecule has 0 spiro atoms. The number of hydrogen-bond acceptors (Lipinski definition) is 2. The van der Waals surface area contributed by atoms with E-state index in [4.69, 9.17) is 16.3 Å². The van der Waals surface area contributed by atoms with Crippen LogP contribution >= 0.6 is 11.6 Å². The third-order valence-electron chi connectivity index (χ3n) is 2.49. The predicted octanol–water partition coefficient (Wildman–Crippen LogP) is 3.59. The molecule has 1 N–H and O–H groups in total. The SMILES string of the molecule is OC(COc1ccccc1F)c1ccc(Cl)cc1. The third-order valence-corrected chi connectivity index (χ3v) is 2.74. The van der Waals surface area contributed by atoms with Crippen LogP contribution in [0.1, 0.15) is 11.7 Å². The quantitative estimate of drug-likeness (QED) is 0.916. The summed E-state index contributed by atoms with van der Waals surface area (Å²) in [5.74, 6) is -0.314. The number of para-hydroxylation sites is 1. The second-order valence-electron chi connectivity index (χ2n) is 3.81. The smallest absolute Gasteiger partial charge is 0.165 e. The molecule has 4 heteroatoms. The summed E-state index contributed by atoms with van der Waals surface area (Å²) in [5, 5.41) is 10.5.